The van der Waals surface area contributed by atoms with Crippen LogP contribution < -0.4 is 5.73 Å². The monoisotopic (exact) mass is 174 g/mol. The zero-order valence-electron chi connectivity index (χ0n) is 6.33. The van der Waals surface area contributed by atoms with Gasteiger partial charge in [-0.15, -0.1) is 0 Å². The van der Waals surface area contributed by atoms with Gasteiger partial charge in [0.05, 0.1) is 0 Å². The van der Waals surface area contributed by atoms with Gasteiger partial charge in [-0.2, -0.15) is 0 Å². The number of nitrogens with zero attached hydrogens (tertiary/aromatic N) is 1. The molecule has 2 N–H and O–H groups in total. The minimum atomic E-state index is 0.292. The van der Waals surface area contributed by atoms with E-state index in [4.69, 9.17) is 17.3 Å². The van der Waals surface area contributed by atoms with Gasteiger partial charge in [-0.3, -0.25) is 0 Å². The van der Waals surface area contributed by atoms with Gasteiger partial charge in [0.2, 0.25) is 0 Å². The van der Waals surface area contributed by atoms with Crippen molar-refractivity contribution < 1.29 is 4.74 Å². The molecule has 4 heteroatoms. The van der Waals surface area contributed by atoms with Gasteiger partial charge in [0.25, 0.3) is 0 Å². The van der Waals surface area contributed by atoms with Crippen molar-refractivity contribution in [2.24, 2.45) is 0 Å². The van der Waals surface area contributed by atoms with Crippen LogP contribution in [0.2, 0.25) is 0 Å². The summed E-state index contributed by atoms with van der Waals surface area (Å²) in [6.45, 7) is 0. The first-order valence-electron chi connectivity index (χ1n) is 3.02. The number of halogens is 1. The summed E-state index contributed by atoms with van der Waals surface area (Å²) < 4.78 is 4.31. The quantitative estimate of drug-likeness (QED) is 0.657. The Hall–Kier alpha value is -0.800. The van der Waals surface area contributed by atoms with E-state index in [1.807, 2.05) is 12.1 Å². The van der Waals surface area contributed by atoms with Gasteiger partial charge in [-0.25, -0.2) is 4.98 Å². The predicted octanol–water partition coefficient (Wildman–Crippen LogP) is 1.49. The Bertz CT molecular complexity index is 167. The highest BCUT2D eigenvalue weighted by Crippen LogP contribution is 1.89. The Morgan fingerprint density at radius 3 is 2.45 bits per heavy atom. The summed E-state index contributed by atoms with van der Waals surface area (Å²) >= 11 is 4.96. The number of pyridine rings is 1. The maximum absolute atomic E-state index is 5.25. The standard InChI is InChI=1S/C5H6N2.C2H5ClO/c6-5-3-1-2-4-7-5;1-4-2-3/h1-4H,(H2,6,7);2H2,1H3. The van der Waals surface area contributed by atoms with Crippen molar-refractivity contribution in [1.29, 1.82) is 0 Å². The molecule has 62 valence electrons. The summed E-state index contributed by atoms with van der Waals surface area (Å²) in [6.07, 6.45) is 1.66. The second kappa shape index (κ2) is 7.31. The number of hydrogen-bond donors (Lipinski definition) is 1. The number of aromatic nitrogens is 1. The van der Waals surface area contributed by atoms with Gasteiger partial charge < -0.3 is 10.5 Å². The van der Waals surface area contributed by atoms with E-state index in [1.54, 1.807) is 19.4 Å². The van der Waals surface area contributed by atoms with E-state index in [0.717, 1.165) is 0 Å². The molecular formula is C7H11ClN2O. The van der Waals surface area contributed by atoms with Gasteiger partial charge >= 0.3 is 0 Å². The van der Waals surface area contributed by atoms with Crippen LogP contribution in [0.4, 0.5) is 5.82 Å². The highest BCUT2D eigenvalue weighted by molar-refractivity contribution is 6.17. The highest BCUT2D eigenvalue weighted by atomic mass is 35.5. The van der Waals surface area contributed by atoms with Crippen LogP contribution >= 0.6 is 11.6 Å². The molecule has 0 aliphatic heterocycles. The van der Waals surface area contributed by atoms with Crippen LogP contribution in [-0.4, -0.2) is 18.2 Å². The average molecular weight is 175 g/mol. The zero-order chi connectivity index (χ0) is 8.53. The van der Waals surface area contributed by atoms with E-state index in [-0.39, 0.29) is 0 Å². The third kappa shape index (κ3) is 7.09. The van der Waals surface area contributed by atoms with E-state index < -0.39 is 0 Å². The Kier molecular flexibility index (Phi) is 6.78. The molecule has 0 amide bonds. The second-order valence-electron chi connectivity index (χ2n) is 1.65. The van der Waals surface area contributed by atoms with E-state index in [1.165, 1.54) is 0 Å². The molecule has 0 radical (unpaired) electrons. The summed E-state index contributed by atoms with van der Waals surface area (Å²) in [5.41, 5.74) is 5.25. The van der Waals surface area contributed by atoms with Crippen molar-refractivity contribution in [3.05, 3.63) is 24.4 Å². The van der Waals surface area contributed by atoms with Crippen LogP contribution in [0.5, 0.6) is 0 Å². The lowest BCUT2D eigenvalue weighted by molar-refractivity contribution is 0.254. The lowest BCUT2D eigenvalue weighted by Crippen LogP contribution is -1.85. The van der Waals surface area contributed by atoms with Crippen LogP contribution in [0.15, 0.2) is 24.4 Å². The molecule has 0 aliphatic rings. The molecule has 0 aromatic carbocycles. The Morgan fingerprint density at radius 2 is 2.27 bits per heavy atom. The largest absolute Gasteiger partial charge is 0.384 e. The van der Waals surface area contributed by atoms with Crippen LogP contribution in [0.25, 0.3) is 0 Å². The maximum atomic E-state index is 5.25. The molecular weight excluding hydrogens is 164 g/mol. The SMILES string of the molecule is COCCl.Nc1ccccn1. The number of hydrogen-bond acceptors (Lipinski definition) is 3. The maximum Gasteiger partial charge on any atom is 0.123 e. The predicted molar refractivity (Wildman–Crippen MR) is 46.4 cm³/mol. The fourth-order valence-electron chi connectivity index (χ4n) is 0.376. The van der Waals surface area contributed by atoms with Crippen molar-refractivity contribution in [2.45, 2.75) is 0 Å². The molecule has 3 nitrogen and oxygen atoms in total. The molecule has 1 aromatic rings. The van der Waals surface area contributed by atoms with E-state index >= 15 is 0 Å². The van der Waals surface area contributed by atoms with Crippen molar-refractivity contribution in [1.82, 2.24) is 4.98 Å². The van der Waals surface area contributed by atoms with Crippen molar-refractivity contribution in [2.75, 3.05) is 18.9 Å². The molecule has 0 unspecified atom stereocenters. The molecule has 1 aromatic heterocycles. The summed E-state index contributed by atoms with van der Waals surface area (Å²) in [6, 6.07) is 5.72. The fourth-order valence-corrected chi connectivity index (χ4v) is 0.376. The highest BCUT2D eigenvalue weighted by Gasteiger charge is 1.73. The van der Waals surface area contributed by atoms with Gasteiger partial charge in [-0.1, -0.05) is 17.7 Å². The fraction of sp³-hybridized carbons (Fsp3) is 0.286. The molecule has 1 rings (SSSR count). The van der Waals surface area contributed by atoms with E-state index in [0.29, 0.717) is 11.9 Å². The summed E-state index contributed by atoms with van der Waals surface area (Å²) in [4.78, 5) is 3.76. The second-order valence-corrected chi connectivity index (χ2v) is 1.87. The lowest BCUT2D eigenvalue weighted by Gasteiger charge is -1.82. The number of nitrogen functional groups attached to an aromatic ring is 1. The molecule has 1 heterocycles. The zero-order valence-corrected chi connectivity index (χ0v) is 7.08. The number of alkyl halides is 1. The molecule has 0 aliphatic carbocycles. The van der Waals surface area contributed by atoms with Gasteiger partial charge in [-0.05, 0) is 12.1 Å². The van der Waals surface area contributed by atoms with Crippen molar-refractivity contribution in [3.8, 4) is 0 Å². The average Bonchev–Trinajstić information content (AvgIpc) is 2.07. The lowest BCUT2D eigenvalue weighted by atomic mass is 10.5. The number of anilines is 1. The molecule has 0 saturated heterocycles. The number of ether oxygens (including phenoxy) is 1. The van der Waals surface area contributed by atoms with Gasteiger partial charge in [0, 0.05) is 13.3 Å². The Labute approximate surface area is 71.1 Å². The first-order chi connectivity index (χ1) is 5.31. The Balaban J connectivity index is 0.000000218. The van der Waals surface area contributed by atoms with Gasteiger partial charge in [0.15, 0.2) is 0 Å². The third-order valence-corrected chi connectivity index (χ3v) is 1.02. The molecule has 0 bridgehead atoms. The smallest absolute Gasteiger partial charge is 0.123 e. The van der Waals surface area contributed by atoms with Crippen LogP contribution in [0.3, 0.4) is 0 Å². The number of rotatable bonds is 1. The van der Waals surface area contributed by atoms with E-state index in [2.05, 4.69) is 9.72 Å². The molecule has 0 atom stereocenters. The first-order valence-corrected chi connectivity index (χ1v) is 3.56. The first kappa shape index (κ1) is 10.2. The number of methoxy groups -OCH3 is 1. The van der Waals surface area contributed by atoms with E-state index in [9.17, 15) is 0 Å². The topological polar surface area (TPSA) is 48.1 Å². The summed E-state index contributed by atoms with van der Waals surface area (Å²) in [5, 5.41) is 0. The van der Waals surface area contributed by atoms with Crippen molar-refractivity contribution >= 4 is 17.4 Å². The normalized spacial score (nSPS) is 8.18. The van der Waals surface area contributed by atoms with Crippen LogP contribution in [0.1, 0.15) is 0 Å². The Morgan fingerprint density at radius 1 is 1.64 bits per heavy atom. The van der Waals surface area contributed by atoms with Crippen LogP contribution in [-0.2, 0) is 4.74 Å². The van der Waals surface area contributed by atoms with Gasteiger partial charge in [0.1, 0.15) is 11.9 Å². The van der Waals surface area contributed by atoms with Crippen LogP contribution in [0, 0.1) is 0 Å². The molecule has 0 saturated carbocycles. The molecule has 11 heavy (non-hydrogen) atoms. The minimum absolute atomic E-state index is 0.292. The minimum Gasteiger partial charge on any atom is -0.384 e. The number of nitrogens with two attached hydrogens (primary N) is 1. The molecule has 0 spiro atoms. The third-order valence-electron chi connectivity index (χ3n) is 0.797. The molecule has 0 fully saturated rings. The summed E-state index contributed by atoms with van der Waals surface area (Å²) in [7, 11) is 1.55. The summed E-state index contributed by atoms with van der Waals surface area (Å²) in [5.74, 6) is 0.572. The van der Waals surface area contributed by atoms with Crippen molar-refractivity contribution in [3.63, 3.8) is 0 Å².